The molecule has 0 radical (unpaired) electrons. The van der Waals surface area contributed by atoms with Gasteiger partial charge in [0.2, 0.25) is 0 Å². The minimum Gasteiger partial charge on any atom is -0.368 e. The molecule has 0 spiro atoms. The molecule has 0 saturated carbocycles. The molecule has 1 aromatic heterocycles. The highest BCUT2D eigenvalue weighted by Crippen LogP contribution is 2.25. The van der Waals surface area contributed by atoms with Crippen LogP contribution in [0.5, 0.6) is 0 Å². The first-order valence-corrected chi connectivity index (χ1v) is 6.88. The van der Waals surface area contributed by atoms with Gasteiger partial charge in [-0.3, -0.25) is 4.79 Å². The Kier molecular flexibility index (Phi) is 3.46. The van der Waals surface area contributed by atoms with Crippen LogP contribution in [0.3, 0.4) is 0 Å². The maximum absolute atomic E-state index is 12.5. The van der Waals surface area contributed by atoms with E-state index in [4.69, 9.17) is 4.74 Å². The molecule has 0 aliphatic carbocycles. The first kappa shape index (κ1) is 13.1. The van der Waals surface area contributed by atoms with E-state index in [1.807, 2.05) is 30.5 Å². The van der Waals surface area contributed by atoms with Crippen molar-refractivity contribution in [1.82, 2.24) is 10.3 Å². The number of anilines is 1. The fourth-order valence-corrected chi connectivity index (χ4v) is 2.73. The van der Waals surface area contributed by atoms with Crippen LogP contribution in [0.25, 0.3) is 10.9 Å². The molecule has 3 rings (SSSR count). The van der Waals surface area contributed by atoms with Gasteiger partial charge in [-0.2, -0.15) is 0 Å². The zero-order valence-electron chi connectivity index (χ0n) is 11.5. The van der Waals surface area contributed by atoms with E-state index in [9.17, 15) is 4.79 Å². The fourth-order valence-electron chi connectivity index (χ4n) is 2.73. The number of hydrogen-bond donors (Lipinski definition) is 3. The van der Waals surface area contributed by atoms with Crippen molar-refractivity contribution in [2.75, 3.05) is 25.5 Å². The highest BCUT2D eigenvalue weighted by molar-refractivity contribution is 5.99. The lowest BCUT2D eigenvalue weighted by atomic mass is 9.91. The Hall–Kier alpha value is -1.85. The Balaban J connectivity index is 1.80. The number of fused-ring (bicyclic) bond motifs is 1. The quantitative estimate of drug-likeness (QED) is 0.800. The second kappa shape index (κ2) is 5.26. The number of carbonyl (C=O) groups excluding carboxylic acids is 1. The van der Waals surface area contributed by atoms with E-state index in [0.717, 1.165) is 29.7 Å². The number of carbonyl (C=O) groups is 1. The van der Waals surface area contributed by atoms with Crippen LogP contribution < -0.4 is 10.6 Å². The summed E-state index contributed by atoms with van der Waals surface area (Å²) >= 11 is 0. The first-order valence-electron chi connectivity index (χ1n) is 6.88. The van der Waals surface area contributed by atoms with E-state index in [0.29, 0.717) is 12.8 Å². The van der Waals surface area contributed by atoms with Crippen molar-refractivity contribution in [2.24, 2.45) is 0 Å². The number of rotatable bonds is 3. The van der Waals surface area contributed by atoms with E-state index >= 15 is 0 Å². The molecule has 0 unspecified atom stereocenters. The number of hydrogen-bond acceptors (Lipinski definition) is 3. The topological polar surface area (TPSA) is 66.1 Å². The third-order valence-corrected chi connectivity index (χ3v) is 4.03. The molecule has 5 heteroatoms. The monoisotopic (exact) mass is 273 g/mol. The van der Waals surface area contributed by atoms with Crippen LogP contribution in [0, 0.1) is 0 Å². The molecule has 1 amide bonds. The van der Waals surface area contributed by atoms with Crippen LogP contribution in [-0.2, 0) is 9.53 Å². The van der Waals surface area contributed by atoms with E-state index in [-0.39, 0.29) is 5.91 Å². The van der Waals surface area contributed by atoms with Gasteiger partial charge in [0, 0.05) is 29.9 Å². The third-order valence-electron chi connectivity index (χ3n) is 4.03. The van der Waals surface area contributed by atoms with Gasteiger partial charge in [-0.25, -0.2) is 0 Å². The first-order chi connectivity index (χ1) is 9.73. The molecule has 2 heterocycles. The second-order valence-electron chi connectivity index (χ2n) is 5.18. The van der Waals surface area contributed by atoms with Gasteiger partial charge in [0.15, 0.2) is 0 Å². The summed E-state index contributed by atoms with van der Waals surface area (Å²) in [5.74, 6) is -0.0589. The molecule has 1 aliphatic heterocycles. The van der Waals surface area contributed by atoms with Crippen molar-refractivity contribution in [3.8, 4) is 0 Å². The van der Waals surface area contributed by atoms with Crippen molar-refractivity contribution < 1.29 is 9.53 Å². The Labute approximate surface area is 117 Å². The van der Waals surface area contributed by atoms with E-state index < -0.39 is 5.60 Å². The van der Waals surface area contributed by atoms with Crippen LogP contribution >= 0.6 is 0 Å². The Morgan fingerprint density at radius 3 is 2.85 bits per heavy atom. The second-order valence-corrected chi connectivity index (χ2v) is 5.18. The van der Waals surface area contributed by atoms with Gasteiger partial charge in [-0.15, -0.1) is 0 Å². The molecule has 0 atom stereocenters. The molecule has 3 N–H and O–H groups in total. The van der Waals surface area contributed by atoms with Gasteiger partial charge in [-0.1, -0.05) is 0 Å². The Bertz CT molecular complexity index is 614. The summed E-state index contributed by atoms with van der Waals surface area (Å²) in [4.78, 5) is 15.7. The number of ether oxygens (including phenoxy) is 1. The maximum Gasteiger partial charge on any atom is 0.256 e. The lowest BCUT2D eigenvalue weighted by Gasteiger charge is -2.34. The van der Waals surface area contributed by atoms with Crippen molar-refractivity contribution in [3.63, 3.8) is 0 Å². The average Bonchev–Trinajstić information content (AvgIpc) is 2.95. The van der Waals surface area contributed by atoms with E-state index in [2.05, 4.69) is 15.6 Å². The SMILES string of the molecule is COC1(C(=O)Nc2ccc3[nH]ccc3c2)CCNCC1. The summed E-state index contributed by atoms with van der Waals surface area (Å²) in [6.45, 7) is 1.61. The predicted octanol–water partition coefficient (Wildman–Crippen LogP) is 1.88. The van der Waals surface area contributed by atoms with Gasteiger partial charge >= 0.3 is 0 Å². The van der Waals surface area contributed by atoms with Crippen LogP contribution in [0.1, 0.15) is 12.8 Å². The lowest BCUT2D eigenvalue weighted by Crippen LogP contribution is -2.51. The molecule has 0 bridgehead atoms. The number of benzene rings is 1. The van der Waals surface area contributed by atoms with Crippen LogP contribution in [-0.4, -0.2) is 36.7 Å². The van der Waals surface area contributed by atoms with Gasteiger partial charge in [-0.05, 0) is 50.2 Å². The zero-order valence-corrected chi connectivity index (χ0v) is 11.5. The Morgan fingerprint density at radius 2 is 2.10 bits per heavy atom. The molecule has 2 aromatic rings. The summed E-state index contributed by atoms with van der Waals surface area (Å²) < 4.78 is 5.53. The lowest BCUT2D eigenvalue weighted by molar-refractivity contribution is -0.140. The summed E-state index contributed by atoms with van der Waals surface area (Å²) in [6, 6.07) is 7.82. The molecule has 1 aliphatic rings. The van der Waals surface area contributed by atoms with Crippen molar-refractivity contribution in [1.29, 1.82) is 0 Å². The minimum atomic E-state index is -0.710. The molecule has 1 fully saturated rings. The summed E-state index contributed by atoms with van der Waals surface area (Å²) in [7, 11) is 1.61. The molecule has 1 saturated heterocycles. The largest absolute Gasteiger partial charge is 0.368 e. The molecule has 1 aromatic carbocycles. The number of amides is 1. The number of H-pyrrole nitrogens is 1. The minimum absolute atomic E-state index is 0.0589. The number of piperidine rings is 1. The van der Waals surface area contributed by atoms with Crippen molar-refractivity contribution in [3.05, 3.63) is 30.5 Å². The van der Waals surface area contributed by atoms with Gasteiger partial charge in [0.25, 0.3) is 5.91 Å². The van der Waals surface area contributed by atoms with Crippen molar-refractivity contribution >= 4 is 22.5 Å². The standard InChI is InChI=1S/C15H19N3O2/c1-20-15(5-8-16-9-6-15)14(19)18-12-2-3-13-11(10-12)4-7-17-13/h2-4,7,10,16-17H,5-6,8-9H2,1H3,(H,18,19). The predicted molar refractivity (Wildman–Crippen MR) is 78.8 cm³/mol. The fraction of sp³-hybridized carbons (Fsp3) is 0.400. The Morgan fingerprint density at radius 1 is 1.30 bits per heavy atom. The number of methoxy groups -OCH3 is 1. The summed E-state index contributed by atoms with van der Waals surface area (Å²) in [5, 5.41) is 7.31. The summed E-state index contributed by atoms with van der Waals surface area (Å²) in [6.07, 6.45) is 3.28. The van der Waals surface area contributed by atoms with Crippen LogP contribution in [0.4, 0.5) is 5.69 Å². The molecular formula is C15H19N3O2. The van der Waals surface area contributed by atoms with Gasteiger partial charge < -0.3 is 20.4 Å². The van der Waals surface area contributed by atoms with Gasteiger partial charge in [0.1, 0.15) is 5.60 Å². The van der Waals surface area contributed by atoms with Crippen LogP contribution in [0.2, 0.25) is 0 Å². The highest BCUT2D eigenvalue weighted by Gasteiger charge is 2.39. The molecule has 106 valence electrons. The molecule has 20 heavy (non-hydrogen) atoms. The van der Waals surface area contributed by atoms with Crippen LogP contribution in [0.15, 0.2) is 30.5 Å². The van der Waals surface area contributed by atoms with Crippen molar-refractivity contribution in [2.45, 2.75) is 18.4 Å². The van der Waals surface area contributed by atoms with Gasteiger partial charge in [0.05, 0.1) is 0 Å². The number of aromatic nitrogens is 1. The third kappa shape index (κ3) is 2.30. The smallest absolute Gasteiger partial charge is 0.256 e. The average molecular weight is 273 g/mol. The highest BCUT2D eigenvalue weighted by atomic mass is 16.5. The van der Waals surface area contributed by atoms with E-state index in [1.165, 1.54) is 0 Å². The zero-order chi connectivity index (χ0) is 14.0. The number of aromatic amines is 1. The summed E-state index contributed by atoms with van der Waals surface area (Å²) in [5.41, 5.74) is 1.15. The maximum atomic E-state index is 12.5. The molecule has 5 nitrogen and oxygen atoms in total. The normalized spacial score (nSPS) is 18.1. The number of nitrogens with one attached hydrogen (secondary N) is 3. The van der Waals surface area contributed by atoms with E-state index in [1.54, 1.807) is 7.11 Å². The molecular weight excluding hydrogens is 254 g/mol.